The van der Waals surface area contributed by atoms with Crippen LogP contribution in [-0.2, 0) is 6.54 Å². The van der Waals surface area contributed by atoms with Gasteiger partial charge in [-0.2, -0.15) is 0 Å². The van der Waals surface area contributed by atoms with Gasteiger partial charge in [0.15, 0.2) is 17.2 Å². The first-order chi connectivity index (χ1) is 10.1. The molecule has 2 rings (SSSR count). The second kappa shape index (κ2) is 6.56. The molecule has 0 radical (unpaired) electrons. The lowest BCUT2D eigenvalue weighted by atomic mass is 10.2. The summed E-state index contributed by atoms with van der Waals surface area (Å²) in [5.74, 6) is 0.429. The molecule has 0 aliphatic rings. The number of carbonyl (C=O) groups is 1. The molecule has 0 spiro atoms. The van der Waals surface area contributed by atoms with Crippen molar-refractivity contribution in [2.75, 3.05) is 19.5 Å². The highest BCUT2D eigenvalue weighted by molar-refractivity contribution is 5.85. The average molecular weight is 289 g/mol. The fourth-order valence-electron chi connectivity index (χ4n) is 1.73. The van der Waals surface area contributed by atoms with Crippen molar-refractivity contribution in [2.45, 2.75) is 6.54 Å². The Morgan fingerprint density at radius 3 is 2.67 bits per heavy atom. The van der Waals surface area contributed by atoms with E-state index in [2.05, 4.69) is 15.3 Å². The quantitative estimate of drug-likeness (QED) is 0.837. The van der Waals surface area contributed by atoms with Crippen molar-refractivity contribution in [3.05, 3.63) is 41.7 Å². The molecule has 0 saturated heterocycles. The number of nitrogens with zero attached hydrogens (tertiary/aromatic N) is 2. The lowest BCUT2D eigenvalue weighted by Gasteiger charge is -2.10. The van der Waals surface area contributed by atoms with Gasteiger partial charge >= 0.3 is 5.97 Å². The molecule has 2 aromatic rings. The van der Waals surface area contributed by atoms with Crippen molar-refractivity contribution in [2.24, 2.45) is 0 Å². The summed E-state index contributed by atoms with van der Waals surface area (Å²) in [6.07, 6.45) is 1.40. The Kier molecular flexibility index (Phi) is 4.55. The molecular formula is C14H15N3O4. The van der Waals surface area contributed by atoms with Crippen molar-refractivity contribution in [3.8, 4) is 11.5 Å². The van der Waals surface area contributed by atoms with Crippen LogP contribution >= 0.6 is 0 Å². The molecule has 0 aliphatic carbocycles. The molecule has 0 bridgehead atoms. The number of hydrogen-bond acceptors (Lipinski definition) is 6. The summed E-state index contributed by atoms with van der Waals surface area (Å²) in [5, 5.41) is 11.8. The van der Waals surface area contributed by atoms with Crippen molar-refractivity contribution in [1.82, 2.24) is 9.97 Å². The van der Waals surface area contributed by atoms with E-state index in [9.17, 15) is 4.79 Å². The number of aromatic carboxylic acids is 1. The van der Waals surface area contributed by atoms with Crippen LogP contribution in [-0.4, -0.2) is 35.3 Å². The summed E-state index contributed by atoms with van der Waals surface area (Å²) < 4.78 is 10.4. The maximum absolute atomic E-state index is 10.8. The molecular weight excluding hydrogens is 274 g/mol. The molecule has 0 unspecified atom stereocenters. The van der Waals surface area contributed by atoms with Crippen LogP contribution in [0.4, 0.5) is 5.95 Å². The van der Waals surface area contributed by atoms with Gasteiger partial charge in [-0.3, -0.25) is 0 Å². The minimum absolute atomic E-state index is 0.0557. The molecule has 110 valence electrons. The van der Waals surface area contributed by atoms with Crippen LogP contribution in [0.2, 0.25) is 0 Å². The van der Waals surface area contributed by atoms with Gasteiger partial charge in [-0.15, -0.1) is 0 Å². The van der Waals surface area contributed by atoms with Crippen LogP contribution in [0.1, 0.15) is 16.1 Å². The third-order valence-corrected chi connectivity index (χ3v) is 2.77. The first-order valence-corrected chi connectivity index (χ1v) is 6.15. The summed E-state index contributed by atoms with van der Waals surface area (Å²) in [7, 11) is 3.13. The zero-order chi connectivity index (χ0) is 15.2. The Labute approximate surface area is 121 Å². The van der Waals surface area contributed by atoms with Crippen molar-refractivity contribution >= 4 is 11.9 Å². The topological polar surface area (TPSA) is 93.6 Å². The first kappa shape index (κ1) is 14.6. The van der Waals surface area contributed by atoms with E-state index in [0.717, 1.165) is 5.56 Å². The highest BCUT2D eigenvalue weighted by Crippen LogP contribution is 2.27. The fraction of sp³-hybridized carbons (Fsp3) is 0.214. The van der Waals surface area contributed by atoms with Gasteiger partial charge < -0.3 is 19.9 Å². The summed E-state index contributed by atoms with van der Waals surface area (Å²) in [4.78, 5) is 18.7. The van der Waals surface area contributed by atoms with Crippen LogP contribution in [0.25, 0.3) is 0 Å². The van der Waals surface area contributed by atoms with Crippen molar-refractivity contribution < 1.29 is 19.4 Å². The molecule has 7 nitrogen and oxygen atoms in total. The summed E-state index contributed by atoms with van der Waals surface area (Å²) in [6, 6.07) is 6.83. The normalized spacial score (nSPS) is 10.0. The van der Waals surface area contributed by atoms with E-state index in [-0.39, 0.29) is 11.6 Å². The van der Waals surface area contributed by atoms with E-state index in [1.54, 1.807) is 20.3 Å². The summed E-state index contributed by atoms with van der Waals surface area (Å²) in [6.45, 7) is 0.434. The highest BCUT2D eigenvalue weighted by Gasteiger charge is 2.07. The van der Waals surface area contributed by atoms with E-state index < -0.39 is 5.97 Å². The smallest absolute Gasteiger partial charge is 0.354 e. The third kappa shape index (κ3) is 3.59. The van der Waals surface area contributed by atoms with Gasteiger partial charge in [-0.25, -0.2) is 14.8 Å². The second-order valence-electron chi connectivity index (χ2n) is 4.11. The molecule has 0 atom stereocenters. The molecule has 1 aromatic heterocycles. The third-order valence-electron chi connectivity index (χ3n) is 2.77. The van der Waals surface area contributed by atoms with E-state index in [1.165, 1.54) is 12.3 Å². The number of ether oxygens (including phenoxy) is 2. The highest BCUT2D eigenvalue weighted by atomic mass is 16.5. The largest absolute Gasteiger partial charge is 0.493 e. The minimum Gasteiger partial charge on any atom is -0.493 e. The predicted octanol–water partition coefficient (Wildman–Crippen LogP) is 1.80. The average Bonchev–Trinajstić information content (AvgIpc) is 2.52. The number of hydrogen-bond donors (Lipinski definition) is 2. The van der Waals surface area contributed by atoms with Crippen LogP contribution in [0, 0.1) is 0 Å². The molecule has 1 aromatic carbocycles. The standard InChI is InChI=1S/C14H15N3O4/c1-20-11-4-3-9(7-12(11)21-2)8-16-14-15-6-5-10(17-14)13(18)19/h3-7H,8H2,1-2H3,(H,18,19)(H,15,16,17). The van der Waals surface area contributed by atoms with Gasteiger partial charge in [0.1, 0.15) is 0 Å². The molecule has 1 heterocycles. The SMILES string of the molecule is COc1ccc(CNc2nccc(C(=O)O)n2)cc1OC. The number of carboxylic acids is 1. The molecule has 0 saturated carbocycles. The minimum atomic E-state index is -1.09. The van der Waals surface area contributed by atoms with Gasteiger partial charge in [-0.05, 0) is 23.8 Å². The lowest BCUT2D eigenvalue weighted by molar-refractivity contribution is 0.0690. The van der Waals surface area contributed by atoms with Gasteiger partial charge in [0.2, 0.25) is 5.95 Å². The molecule has 7 heteroatoms. The van der Waals surface area contributed by atoms with Crippen LogP contribution in [0.15, 0.2) is 30.5 Å². The monoisotopic (exact) mass is 289 g/mol. The predicted molar refractivity (Wildman–Crippen MR) is 75.9 cm³/mol. The molecule has 0 aliphatic heterocycles. The first-order valence-electron chi connectivity index (χ1n) is 6.15. The lowest BCUT2D eigenvalue weighted by Crippen LogP contribution is -2.07. The maximum Gasteiger partial charge on any atom is 0.354 e. The van der Waals surface area contributed by atoms with E-state index in [0.29, 0.717) is 18.0 Å². The van der Waals surface area contributed by atoms with E-state index in [4.69, 9.17) is 14.6 Å². The van der Waals surface area contributed by atoms with Crippen molar-refractivity contribution in [3.63, 3.8) is 0 Å². The van der Waals surface area contributed by atoms with E-state index in [1.807, 2.05) is 12.1 Å². The number of methoxy groups -OCH3 is 2. The Bertz CT molecular complexity index is 646. The Hall–Kier alpha value is -2.83. The number of anilines is 1. The summed E-state index contributed by atoms with van der Waals surface area (Å²) in [5.41, 5.74) is 0.872. The molecule has 2 N–H and O–H groups in total. The number of benzene rings is 1. The van der Waals surface area contributed by atoms with Crippen LogP contribution < -0.4 is 14.8 Å². The van der Waals surface area contributed by atoms with E-state index >= 15 is 0 Å². The molecule has 0 fully saturated rings. The van der Waals surface area contributed by atoms with Gasteiger partial charge in [0.05, 0.1) is 14.2 Å². The van der Waals surface area contributed by atoms with Gasteiger partial charge in [-0.1, -0.05) is 6.07 Å². The Morgan fingerprint density at radius 2 is 2.00 bits per heavy atom. The number of nitrogens with one attached hydrogen (secondary N) is 1. The Morgan fingerprint density at radius 1 is 1.24 bits per heavy atom. The second-order valence-corrected chi connectivity index (χ2v) is 4.11. The number of carboxylic acid groups (broad SMARTS) is 1. The van der Waals surface area contributed by atoms with Gasteiger partial charge in [0.25, 0.3) is 0 Å². The number of rotatable bonds is 6. The zero-order valence-electron chi connectivity index (χ0n) is 11.7. The molecule has 0 amide bonds. The zero-order valence-corrected chi connectivity index (χ0v) is 11.7. The Balaban J connectivity index is 2.09. The fourth-order valence-corrected chi connectivity index (χ4v) is 1.73. The van der Waals surface area contributed by atoms with Crippen LogP contribution in [0.3, 0.4) is 0 Å². The van der Waals surface area contributed by atoms with Crippen LogP contribution in [0.5, 0.6) is 11.5 Å². The van der Waals surface area contributed by atoms with Gasteiger partial charge in [0, 0.05) is 12.7 Å². The molecule has 21 heavy (non-hydrogen) atoms. The summed E-state index contributed by atoms with van der Waals surface area (Å²) >= 11 is 0. The van der Waals surface area contributed by atoms with Crippen molar-refractivity contribution in [1.29, 1.82) is 0 Å². The number of aromatic nitrogens is 2. The maximum atomic E-state index is 10.8.